The van der Waals surface area contributed by atoms with E-state index in [-0.39, 0.29) is 6.29 Å². The first-order chi connectivity index (χ1) is 6.49. The lowest BCUT2D eigenvalue weighted by molar-refractivity contribution is 0.414. The lowest BCUT2D eigenvalue weighted by Crippen LogP contribution is -2.14. The Kier molecular flexibility index (Phi) is 4.11. The SMILES string of the molecule is CN(C)CP(=O)(O)CCC1=CC=CC1. The highest BCUT2D eigenvalue weighted by atomic mass is 31.2. The van der Waals surface area contributed by atoms with E-state index in [1.807, 2.05) is 26.2 Å². The summed E-state index contributed by atoms with van der Waals surface area (Å²) in [5, 5.41) is 0. The van der Waals surface area contributed by atoms with Crippen molar-refractivity contribution in [2.24, 2.45) is 0 Å². The molecule has 1 atom stereocenters. The second-order valence-electron chi connectivity index (χ2n) is 4.00. The van der Waals surface area contributed by atoms with Crippen LogP contribution in [0.3, 0.4) is 0 Å². The molecule has 0 aliphatic heterocycles. The van der Waals surface area contributed by atoms with Crippen LogP contribution in [-0.2, 0) is 4.57 Å². The average Bonchev–Trinajstić information content (AvgIpc) is 2.50. The molecule has 80 valence electrons. The van der Waals surface area contributed by atoms with Crippen LogP contribution in [0, 0.1) is 0 Å². The molecule has 0 fully saturated rings. The van der Waals surface area contributed by atoms with Gasteiger partial charge in [0.25, 0.3) is 0 Å². The molecule has 1 aliphatic rings. The van der Waals surface area contributed by atoms with E-state index in [1.54, 1.807) is 4.90 Å². The maximum atomic E-state index is 11.6. The first-order valence-electron chi connectivity index (χ1n) is 4.80. The molecule has 3 nitrogen and oxygen atoms in total. The number of hydrogen-bond donors (Lipinski definition) is 1. The minimum absolute atomic E-state index is 0.285. The molecule has 0 aromatic heterocycles. The van der Waals surface area contributed by atoms with E-state index >= 15 is 0 Å². The quantitative estimate of drug-likeness (QED) is 0.713. The van der Waals surface area contributed by atoms with Gasteiger partial charge in [-0.2, -0.15) is 0 Å². The van der Waals surface area contributed by atoms with E-state index in [1.165, 1.54) is 5.57 Å². The van der Waals surface area contributed by atoms with E-state index in [0.29, 0.717) is 6.16 Å². The van der Waals surface area contributed by atoms with E-state index in [0.717, 1.165) is 12.8 Å². The molecule has 0 saturated carbocycles. The van der Waals surface area contributed by atoms with Gasteiger partial charge >= 0.3 is 0 Å². The maximum absolute atomic E-state index is 11.6. The first kappa shape index (κ1) is 11.7. The van der Waals surface area contributed by atoms with Crippen molar-refractivity contribution in [1.29, 1.82) is 0 Å². The van der Waals surface area contributed by atoms with Gasteiger partial charge < -0.3 is 9.79 Å². The van der Waals surface area contributed by atoms with Gasteiger partial charge in [0.1, 0.15) is 0 Å². The molecule has 1 unspecified atom stereocenters. The predicted octanol–water partition coefficient (Wildman–Crippen LogP) is 2.05. The fourth-order valence-corrected chi connectivity index (χ4v) is 3.17. The van der Waals surface area contributed by atoms with Gasteiger partial charge in [0.05, 0.1) is 6.29 Å². The monoisotopic (exact) mass is 215 g/mol. The molecule has 0 heterocycles. The van der Waals surface area contributed by atoms with Crippen LogP contribution in [-0.4, -0.2) is 36.3 Å². The van der Waals surface area contributed by atoms with Crippen LogP contribution < -0.4 is 0 Å². The van der Waals surface area contributed by atoms with E-state index in [9.17, 15) is 9.46 Å². The number of rotatable bonds is 5. The Morgan fingerprint density at radius 3 is 2.79 bits per heavy atom. The molecule has 14 heavy (non-hydrogen) atoms. The molecule has 1 rings (SSSR count). The molecule has 4 heteroatoms. The van der Waals surface area contributed by atoms with Gasteiger partial charge in [0.2, 0.25) is 7.37 Å². The van der Waals surface area contributed by atoms with Crippen molar-refractivity contribution < 1.29 is 9.46 Å². The summed E-state index contributed by atoms with van der Waals surface area (Å²) in [5.41, 5.74) is 1.26. The third-order valence-electron chi connectivity index (χ3n) is 2.13. The van der Waals surface area contributed by atoms with Crippen molar-refractivity contribution in [3.63, 3.8) is 0 Å². The summed E-state index contributed by atoms with van der Waals surface area (Å²) < 4.78 is 11.6. The largest absolute Gasteiger partial charge is 0.343 e. The molecular formula is C10H18NO2P. The Balaban J connectivity index is 2.32. The van der Waals surface area contributed by atoms with Crippen LogP contribution in [0.4, 0.5) is 0 Å². The van der Waals surface area contributed by atoms with Crippen molar-refractivity contribution in [2.45, 2.75) is 12.8 Å². The van der Waals surface area contributed by atoms with Crippen molar-refractivity contribution in [3.05, 3.63) is 23.8 Å². The van der Waals surface area contributed by atoms with Crippen molar-refractivity contribution in [2.75, 3.05) is 26.5 Å². The number of allylic oxidation sites excluding steroid dienone is 4. The van der Waals surface area contributed by atoms with Gasteiger partial charge in [-0.3, -0.25) is 4.57 Å². The summed E-state index contributed by atoms with van der Waals surface area (Å²) in [6.45, 7) is 0. The minimum atomic E-state index is -2.94. The zero-order chi connectivity index (χ0) is 10.6. The fourth-order valence-electron chi connectivity index (χ4n) is 1.51. The topological polar surface area (TPSA) is 40.5 Å². The van der Waals surface area contributed by atoms with E-state index < -0.39 is 7.37 Å². The van der Waals surface area contributed by atoms with Gasteiger partial charge in [0, 0.05) is 6.16 Å². The summed E-state index contributed by atoms with van der Waals surface area (Å²) in [5.74, 6) is 0. The third-order valence-corrected chi connectivity index (χ3v) is 4.06. The molecule has 0 aromatic carbocycles. The third kappa shape index (κ3) is 4.23. The Bertz CT molecular complexity index is 294. The molecule has 1 N–H and O–H groups in total. The summed E-state index contributed by atoms with van der Waals surface area (Å²) in [6, 6.07) is 0. The van der Waals surface area contributed by atoms with Gasteiger partial charge in [-0.1, -0.05) is 23.8 Å². The lowest BCUT2D eigenvalue weighted by atomic mass is 10.2. The van der Waals surface area contributed by atoms with Crippen LogP contribution in [0.25, 0.3) is 0 Å². The van der Waals surface area contributed by atoms with Crippen LogP contribution in [0.1, 0.15) is 12.8 Å². The Morgan fingerprint density at radius 2 is 2.29 bits per heavy atom. The van der Waals surface area contributed by atoms with Gasteiger partial charge in [-0.15, -0.1) is 0 Å². The van der Waals surface area contributed by atoms with E-state index in [2.05, 4.69) is 6.08 Å². The van der Waals surface area contributed by atoms with Gasteiger partial charge in [-0.05, 0) is 26.9 Å². The molecule has 0 bridgehead atoms. The number of hydrogen-bond acceptors (Lipinski definition) is 2. The summed E-state index contributed by atoms with van der Waals surface area (Å²) in [7, 11) is 0.694. The Morgan fingerprint density at radius 1 is 1.57 bits per heavy atom. The van der Waals surface area contributed by atoms with Crippen LogP contribution in [0.2, 0.25) is 0 Å². The second kappa shape index (κ2) is 4.92. The zero-order valence-corrected chi connectivity index (χ0v) is 9.70. The number of nitrogens with zero attached hydrogens (tertiary/aromatic N) is 1. The van der Waals surface area contributed by atoms with Crippen molar-refractivity contribution >= 4 is 7.37 Å². The van der Waals surface area contributed by atoms with Crippen LogP contribution in [0.5, 0.6) is 0 Å². The summed E-state index contributed by atoms with van der Waals surface area (Å²) in [4.78, 5) is 11.4. The molecule has 1 aliphatic carbocycles. The normalized spacial score (nSPS) is 19.9. The van der Waals surface area contributed by atoms with Crippen molar-refractivity contribution in [3.8, 4) is 0 Å². The predicted molar refractivity (Wildman–Crippen MR) is 59.7 cm³/mol. The highest BCUT2D eigenvalue weighted by Gasteiger charge is 2.19. The highest BCUT2D eigenvalue weighted by molar-refractivity contribution is 7.57. The Labute approximate surface area is 85.6 Å². The van der Waals surface area contributed by atoms with Gasteiger partial charge in [0.15, 0.2) is 0 Å². The molecule has 0 saturated heterocycles. The fraction of sp³-hybridized carbons (Fsp3) is 0.600. The Hall–Kier alpha value is -0.370. The lowest BCUT2D eigenvalue weighted by Gasteiger charge is -2.16. The summed E-state index contributed by atoms with van der Waals surface area (Å²) in [6.07, 6.45) is 8.49. The zero-order valence-electron chi connectivity index (χ0n) is 8.81. The second-order valence-corrected chi connectivity index (χ2v) is 6.42. The smallest absolute Gasteiger partial charge is 0.214 e. The van der Waals surface area contributed by atoms with Gasteiger partial charge in [-0.25, -0.2) is 0 Å². The standard InChI is InChI=1S/C10H18NO2P/c1-11(2)9-14(12,13)8-7-10-5-3-4-6-10/h3-5H,6-9H2,1-2H3,(H,12,13). The highest BCUT2D eigenvalue weighted by Crippen LogP contribution is 2.42. The molecule has 0 spiro atoms. The van der Waals surface area contributed by atoms with Crippen LogP contribution >= 0.6 is 7.37 Å². The molecule has 0 amide bonds. The first-order valence-corrected chi connectivity index (χ1v) is 6.83. The van der Waals surface area contributed by atoms with Crippen molar-refractivity contribution in [1.82, 2.24) is 4.90 Å². The van der Waals surface area contributed by atoms with Crippen LogP contribution in [0.15, 0.2) is 23.8 Å². The average molecular weight is 215 g/mol. The van der Waals surface area contributed by atoms with E-state index in [4.69, 9.17) is 0 Å². The molecule has 0 radical (unpaired) electrons. The minimum Gasteiger partial charge on any atom is -0.343 e. The molecular weight excluding hydrogens is 197 g/mol. The summed E-state index contributed by atoms with van der Waals surface area (Å²) >= 11 is 0. The maximum Gasteiger partial charge on any atom is 0.214 e. The molecule has 0 aromatic rings.